The zero-order valence-electron chi connectivity index (χ0n) is 18.7. The van der Waals surface area contributed by atoms with Crippen LogP contribution in [0.25, 0.3) is 16.9 Å². The number of amides is 2. The summed E-state index contributed by atoms with van der Waals surface area (Å²) in [5.74, 6) is -0.846. The number of nitrogens with one attached hydrogen (secondary N) is 1. The maximum Gasteiger partial charge on any atom is 0.412 e. The fourth-order valence-corrected chi connectivity index (χ4v) is 3.42. The van der Waals surface area contributed by atoms with Crippen molar-refractivity contribution in [1.29, 1.82) is 5.26 Å². The number of halogens is 1. The Morgan fingerprint density at radius 1 is 1.14 bits per heavy atom. The van der Waals surface area contributed by atoms with Crippen molar-refractivity contribution >= 4 is 29.2 Å². The monoisotopic (exact) mass is 474 g/mol. The number of pyridine rings is 2. The van der Waals surface area contributed by atoms with Gasteiger partial charge in [0, 0.05) is 23.5 Å². The van der Waals surface area contributed by atoms with E-state index in [0.29, 0.717) is 28.4 Å². The summed E-state index contributed by atoms with van der Waals surface area (Å²) in [6.07, 6.45) is 4.24. The van der Waals surface area contributed by atoms with Gasteiger partial charge in [0.15, 0.2) is 11.6 Å². The second-order valence-corrected chi connectivity index (χ2v) is 7.21. The molecule has 176 valence electrons. The molecule has 0 unspecified atom stereocenters. The lowest BCUT2D eigenvalue weighted by molar-refractivity contribution is 0.0989. The van der Waals surface area contributed by atoms with Crippen LogP contribution < -0.4 is 15.0 Å². The number of nitriles is 1. The van der Waals surface area contributed by atoms with E-state index in [1.54, 1.807) is 47.3 Å². The van der Waals surface area contributed by atoms with Crippen molar-refractivity contribution < 1.29 is 23.5 Å². The molecule has 1 aromatic carbocycles. The minimum atomic E-state index is -0.634. The molecule has 0 aliphatic heterocycles. The van der Waals surface area contributed by atoms with Crippen molar-refractivity contribution in [2.45, 2.75) is 0 Å². The molecule has 2 amide bonds. The van der Waals surface area contributed by atoms with Gasteiger partial charge in [-0.3, -0.25) is 19.4 Å². The highest BCUT2D eigenvalue weighted by Gasteiger charge is 2.20. The van der Waals surface area contributed by atoms with Crippen LogP contribution >= 0.6 is 0 Å². The van der Waals surface area contributed by atoms with Gasteiger partial charge >= 0.3 is 6.09 Å². The molecule has 11 heteroatoms. The van der Waals surface area contributed by atoms with Crippen LogP contribution in [0.3, 0.4) is 0 Å². The van der Waals surface area contributed by atoms with Crippen LogP contribution in [0.5, 0.6) is 5.75 Å². The zero-order valence-corrected chi connectivity index (χ0v) is 18.7. The normalized spacial score (nSPS) is 10.5. The van der Waals surface area contributed by atoms with Crippen molar-refractivity contribution in [2.75, 3.05) is 31.0 Å². The van der Waals surface area contributed by atoms with Crippen LogP contribution in [0.15, 0.2) is 61.1 Å². The van der Waals surface area contributed by atoms with E-state index in [9.17, 15) is 19.2 Å². The molecule has 0 bridgehead atoms. The van der Waals surface area contributed by atoms with Crippen LogP contribution in [0.2, 0.25) is 0 Å². The average Bonchev–Trinajstić information content (AvgIpc) is 3.31. The zero-order chi connectivity index (χ0) is 24.9. The predicted octanol–water partition coefficient (Wildman–Crippen LogP) is 3.89. The molecule has 0 saturated carbocycles. The second-order valence-electron chi connectivity index (χ2n) is 7.21. The van der Waals surface area contributed by atoms with Crippen molar-refractivity contribution in [3.8, 4) is 23.1 Å². The first-order valence-corrected chi connectivity index (χ1v) is 10.3. The SMILES string of the molecule is COC(=O)Nc1ccc(-c2cnc3ccc(N(CC#N)C(=O)c4ccc(F)c(OC)c4)cn23)cn1. The summed E-state index contributed by atoms with van der Waals surface area (Å²) >= 11 is 0. The molecule has 3 heterocycles. The van der Waals surface area contributed by atoms with E-state index in [1.807, 2.05) is 6.07 Å². The van der Waals surface area contributed by atoms with Gasteiger partial charge in [-0.05, 0) is 42.5 Å². The van der Waals surface area contributed by atoms with Crippen molar-refractivity contribution in [2.24, 2.45) is 0 Å². The quantitative estimate of drug-likeness (QED) is 0.421. The molecule has 1 N–H and O–H groups in total. The van der Waals surface area contributed by atoms with E-state index in [-0.39, 0.29) is 17.9 Å². The number of ether oxygens (including phenoxy) is 2. The molecule has 0 fully saturated rings. The van der Waals surface area contributed by atoms with Crippen LogP contribution in [-0.4, -0.2) is 47.1 Å². The Kier molecular flexibility index (Phi) is 6.55. The number of hydrogen-bond donors (Lipinski definition) is 1. The van der Waals surface area contributed by atoms with E-state index in [4.69, 9.17) is 4.74 Å². The number of benzene rings is 1. The number of fused-ring (bicyclic) bond motifs is 1. The lowest BCUT2D eigenvalue weighted by Gasteiger charge is -2.20. The van der Waals surface area contributed by atoms with E-state index in [2.05, 4.69) is 20.0 Å². The van der Waals surface area contributed by atoms with E-state index < -0.39 is 17.8 Å². The third kappa shape index (κ3) is 4.72. The maximum absolute atomic E-state index is 13.8. The van der Waals surface area contributed by atoms with Crippen molar-refractivity contribution in [3.63, 3.8) is 0 Å². The molecule has 0 aliphatic rings. The molecule has 0 radical (unpaired) electrons. The summed E-state index contributed by atoms with van der Waals surface area (Å²) < 4.78 is 25.1. The molecule has 10 nitrogen and oxygen atoms in total. The summed E-state index contributed by atoms with van der Waals surface area (Å²) in [7, 11) is 2.56. The van der Waals surface area contributed by atoms with Crippen LogP contribution in [0.4, 0.5) is 20.7 Å². The summed E-state index contributed by atoms with van der Waals surface area (Å²) in [5.41, 5.74) is 2.58. The van der Waals surface area contributed by atoms with E-state index in [0.717, 1.165) is 6.07 Å². The fraction of sp³-hybridized carbons (Fsp3) is 0.125. The first-order chi connectivity index (χ1) is 16.9. The van der Waals surface area contributed by atoms with Gasteiger partial charge in [-0.2, -0.15) is 5.26 Å². The molecule has 0 spiro atoms. The Morgan fingerprint density at radius 3 is 2.66 bits per heavy atom. The third-order valence-electron chi connectivity index (χ3n) is 5.15. The summed E-state index contributed by atoms with van der Waals surface area (Å²) in [6, 6.07) is 12.5. The standard InChI is InChI=1S/C24H19FN6O4/c1-34-20-11-15(3-6-18(20)25)23(32)30(10-9-26)17-5-8-22-28-13-19(31(22)14-17)16-4-7-21(27-12-16)29-24(33)35-2/h3-8,11-14H,10H2,1-2H3,(H,27,29,33). The van der Waals surface area contributed by atoms with Gasteiger partial charge in [-0.15, -0.1) is 0 Å². The molecule has 4 aromatic rings. The molecule has 0 atom stereocenters. The highest BCUT2D eigenvalue weighted by molar-refractivity contribution is 6.06. The third-order valence-corrected chi connectivity index (χ3v) is 5.15. The number of imidazole rings is 1. The van der Waals surface area contributed by atoms with Gasteiger partial charge in [0.1, 0.15) is 18.0 Å². The molecule has 0 saturated heterocycles. The van der Waals surface area contributed by atoms with Crippen molar-refractivity contribution in [3.05, 3.63) is 72.4 Å². The Hall–Kier alpha value is -4.98. The van der Waals surface area contributed by atoms with Crippen LogP contribution in [0, 0.1) is 17.1 Å². The van der Waals surface area contributed by atoms with Gasteiger partial charge in [0.2, 0.25) is 0 Å². The maximum atomic E-state index is 13.8. The first kappa shape index (κ1) is 23.2. The minimum Gasteiger partial charge on any atom is -0.494 e. The largest absolute Gasteiger partial charge is 0.494 e. The van der Waals surface area contributed by atoms with E-state index >= 15 is 0 Å². The smallest absolute Gasteiger partial charge is 0.412 e. The molecule has 3 aromatic heterocycles. The summed E-state index contributed by atoms with van der Waals surface area (Å²) in [5, 5.41) is 11.8. The van der Waals surface area contributed by atoms with E-state index in [1.165, 1.54) is 31.3 Å². The van der Waals surface area contributed by atoms with Crippen molar-refractivity contribution in [1.82, 2.24) is 14.4 Å². The Morgan fingerprint density at radius 2 is 1.97 bits per heavy atom. The highest BCUT2D eigenvalue weighted by atomic mass is 19.1. The van der Waals surface area contributed by atoms with Crippen LogP contribution in [0.1, 0.15) is 10.4 Å². The number of anilines is 2. The van der Waals surface area contributed by atoms with Gasteiger partial charge in [-0.25, -0.2) is 19.2 Å². The first-order valence-electron chi connectivity index (χ1n) is 10.3. The number of carbonyl (C=O) groups is 2. The second kappa shape index (κ2) is 9.88. The number of methoxy groups -OCH3 is 2. The lowest BCUT2D eigenvalue weighted by atomic mass is 10.1. The fourth-order valence-electron chi connectivity index (χ4n) is 3.42. The molecule has 0 aliphatic carbocycles. The van der Waals surface area contributed by atoms with Gasteiger partial charge in [-0.1, -0.05) is 0 Å². The highest BCUT2D eigenvalue weighted by Crippen LogP contribution is 2.26. The van der Waals surface area contributed by atoms with Gasteiger partial charge in [0.25, 0.3) is 5.91 Å². The van der Waals surface area contributed by atoms with Gasteiger partial charge in [0.05, 0.1) is 37.9 Å². The summed E-state index contributed by atoms with van der Waals surface area (Å²) in [6.45, 7) is -0.233. The summed E-state index contributed by atoms with van der Waals surface area (Å²) in [4.78, 5) is 34.4. The minimum absolute atomic E-state index is 0.0715. The molecular formula is C24H19FN6O4. The lowest BCUT2D eigenvalue weighted by Crippen LogP contribution is -2.31. The topological polar surface area (TPSA) is 122 Å². The molecular weight excluding hydrogens is 455 g/mol. The molecule has 4 rings (SSSR count). The number of aromatic nitrogens is 3. The Labute approximate surface area is 199 Å². The molecule has 35 heavy (non-hydrogen) atoms. The van der Waals surface area contributed by atoms with Crippen LogP contribution in [-0.2, 0) is 4.74 Å². The average molecular weight is 474 g/mol. The Balaban J connectivity index is 1.70. The van der Waals surface area contributed by atoms with Gasteiger partial charge < -0.3 is 9.47 Å². The number of carbonyl (C=O) groups excluding carboxylic acids is 2. The predicted molar refractivity (Wildman–Crippen MR) is 125 cm³/mol. The number of hydrogen-bond acceptors (Lipinski definition) is 7. The number of nitrogens with zero attached hydrogens (tertiary/aromatic N) is 5. The Bertz CT molecular complexity index is 1440. The number of rotatable bonds is 6.